The zero-order valence-corrected chi connectivity index (χ0v) is 21.1. The van der Waals surface area contributed by atoms with Crippen LogP contribution in [0.25, 0.3) is 10.9 Å². The number of rotatable bonds is 7. The molecule has 2 amide bonds. The van der Waals surface area contributed by atoms with Gasteiger partial charge in [0.2, 0.25) is 0 Å². The molecule has 1 N–H and O–H groups in total. The molecule has 0 fully saturated rings. The number of halogens is 2. The highest BCUT2D eigenvalue weighted by Crippen LogP contribution is 2.36. The number of nitrogens with zero attached hydrogens (tertiary/aromatic N) is 2. The number of carbonyl (C=O) groups excluding carboxylic acids is 2. The third-order valence-corrected chi connectivity index (χ3v) is 6.35. The Morgan fingerprint density at radius 3 is 2.44 bits per heavy atom. The van der Waals surface area contributed by atoms with Crippen LogP contribution in [-0.2, 0) is 6.54 Å². The van der Waals surface area contributed by atoms with E-state index in [0.29, 0.717) is 30.7 Å². The predicted octanol–water partition coefficient (Wildman–Crippen LogP) is 6.88. The van der Waals surface area contributed by atoms with Crippen molar-refractivity contribution in [3.63, 3.8) is 0 Å². The molecule has 0 unspecified atom stereocenters. The van der Waals surface area contributed by atoms with Crippen LogP contribution in [0.15, 0.2) is 66.9 Å². The Hall–Kier alpha value is -3.84. The first-order valence-electron chi connectivity index (χ1n) is 11.7. The fraction of sp³-hybridized carbons (Fsp3) is 0.214. The van der Waals surface area contributed by atoms with Gasteiger partial charge in [0.25, 0.3) is 5.91 Å². The minimum atomic E-state index is -0.613. The van der Waals surface area contributed by atoms with Crippen LogP contribution >= 0.6 is 11.6 Å². The summed E-state index contributed by atoms with van der Waals surface area (Å²) in [6.07, 6.45) is 1.38. The molecule has 0 radical (unpaired) electrons. The number of fused-ring (bicyclic) bond motifs is 1. The molecule has 0 aliphatic heterocycles. The molecule has 36 heavy (non-hydrogen) atoms. The lowest BCUT2D eigenvalue weighted by molar-refractivity contribution is 0.102. The highest BCUT2D eigenvalue weighted by molar-refractivity contribution is 6.34. The Balaban J connectivity index is 1.75. The highest BCUT2D eigenvalue weighted by atomic mass is 35.5. The van der Waals surface area contributed by atoms with Gasteiger partial charge in [-0.05, 0) is 62.7 Å². The Morgan fingerprint density at radius 1 is 1.03 bits per heavy atom. The van der Waals surface area contributed by atoms with Gasteiger partial charge in [0.15, 0.2) is 5.75 Å². The number of aryl methyl sites for hydroxylation is 1. The topological polar surface area (TPSA) is 63.6 Å². The second-order valence-corrected chi connectivity index (χ2v) is 8.83. The molecule has 186 valence electrons. The fourth-order valence-corrected chi connectivity index (χ4v) is 4.19. The second-order valence-electron chi connectivity index (χ2n) is 8.42. The number of benzene rings is 3. The molecule has 0 bridgehead atoms. The largest absolute Gasteiger partial charge is 0.415 e. The zero-order valence-electron chi connectivity index (χ0n) is 20.3. The van der Waals surface area contributed by atoms with E-state index in [0.717, 1.165) is 17.1 Å². The van der Waals surface area contributed by atoms with E-state index in [-0.39, 0.29) is 16.3 Å². The van der Waals surface area contributed by atoms with Crippen LogP contribution in [0.1, 0.15) is 35.3 Å². The standard InChI is InChI=1S/C28H27ClFN3O3/c1-4-32(5-2)28(35)36-25-13-12-24-21(14-15-33(24)17-19-8-6-18(3)7-9-19)26(25)31-27(34)22-16-20(30)10-11-23(22)29/h6-16H,4-5,17H2,1-3H3,(H,31,34). The van der Waals surface area contributed by atoms with Gasteiger partial charge in [-0.1, -0.05) is 41.4 Å². The number of anilines is 1. The van der Waals surface area contributed by atoms with Crippen LogP contribution in [0.3, 0.4) is 0 Å². The van der Waals surface area contributed by atoms with E-state index in [1.807, 2.05) is 43.7 Å². The van der Waals surface area contributed by atoms with Gasteiger partial charge in [-0.3, -0.25) is 4.79 Å². The summed E-state index contributed by atoms with van der Waals surface area (Å²) in [6.45, 7) is 7.32. The van der Waals surface area contributed by atoms with Crippen molar-refractivity contribution in [1.82, 2.24) is 9.47 Å². The Bertz CT molecular complexity index is 1410. The number of nitrogens with one attached hydrogen (secondary N) is 1. The number of hydrogen-bond donors (Lipinski definition) is 1. The van der Waals surface area contributed by atoms with Crippen molar-refractivity contribution < 1.29 is 18.7 Å². The average molecular weight is 508 g/mol. The fourth-order valence-electron chi connectivity index (χ4n) is 3.99. The first kappa shape index (κ1) is 25.3. The summed E-state index contributed by atoms with van der Waals surface area (Å²) >= 11 is 6.16. The molecule has 0 spiro atoms. The monoisotopic (exact) mass is 507 g/mol. The van der Waals surface area contributed by atoms with Gasteiger partial charge in [0.05, 0.1) is 21.8 Å². The summed E-state index contributed by atoms with van der Waals surface area (Å²) in [4.78, 5) is 27.4. The summed E-state index contributed by atoms with van der Waals surface area (Å²) in [5.74, 6) is -1.01. The molecule has 1 aromatic heterocycles. The molecule has 6 nitrogen and oxygen atoms in total. The van der Waals surface area contributed by atoms with Crippen molar-refractivity contribution in [3.05, 3.63) is 94.4 Å². The third kappa shape index (κ3) is 5.36. The van der Waals surface area contributed by atoms with Gasteiger partial charge in [0.1, 0.15) is 5.82 Å². The molecule has 8 heteroatoms. The maximum atomic E-state index is 13.8. The van der Waals surface area contributed by atoms with E-state index in [4.69, 9.17) is 16.3 Å². The second kappa shape index (κ2) is 10.8. The number of ether oxygens (including phenoxy) is 1. The summed E-state index contributed by atoms with van der Waals surface area (Å²) < 4.78 is 21.6. The molecular formula is C28H27ClFN3O3. The van der Waals surface area contributed by atoms with Gasteiger partial charge < -0.3 is 19.5 Å². The molecule has 0 saturated heterocycles. The van der Waals surface area contributed by atoms with Crippen LogP contribution in [-0.4, -0.2) is 34.6 Å². The lowest BCUT2D eigenvalue weighted by Crippen LogP contribution is -2.33. The van der Waals surface area contributed by atoms with E-state index in [1.54, 1.807) is 6.07 Å². The average Bonchev–Trinajstić information content (AvgIpc) is 3.27. The van der Waals surface area contributed by atoms with Crippen LogP contribution in [0, 0.1) is 12.7 Å². The molecule has 3 aromatic carbocycles. The van der Waals surface area contributed by atoms with Crippen molar-refractivity contribution >= 4 is 40.2 Å². The predicted molar refractivity (Wildman–Crippen MR) is 141 cm³/mol. The molecule has 0 atom stereocenters. The summed E-state index contributed by atoms with van der Waals surface area (Å²) in [5, 5.41) is 3.59. The summed E-state index contributed by atoms with van der Waals surface area (Å²) in [6, 6.07) is 17.2. The van der Waals surface area contributed by atoms with Crippen LogP contribution in [0.4, 0.5) is 14.9 Å². The number of carbonyl (C=O) groups is 2. The minimum Gasteiger partial charge on any atom is -0.408 e. The maximum Gasteiger partial charge on any atom is 0.415 e. The van der Waals surface area contributed by atoms with Crippen LogP contribution < -0.4 is 10.1 Å². The molecule has 0 aliphatic carbocycles. The summed E-state index contributed by atoms with van der Waals surface area (Å²) in [5.41, 5.74) is 3.41. The molecule has 0 saturated carbocycles. The maximum absolute atomic E-state index is 13.8. The SMILES string of the molecule is CCN(CC)C(=O)Oc1ccc2c(ccn2Cc2ccc(C)cc2)c1NC(=O)c1cc(F)ccc1Cl. The van der Waals surface area contributed by atoms with Gasteiger partial charge in [0, 0.05) is 31.2 Å². The van der Waals surface area contributed by atoms with Crippen molar-refractivity contribution in [2.75, 3.05) is 18.4 Å². The normalized spacial score (nSPS) is 10.9. The highest BCUT2D eigenvalue weighted by Gasteiger charge is 2.21. The van der Waals surface area contributed by atoms with E-state index in [2.05, 4.69) is 29.6 Å². The molecule has 4 rings (SSSR count). The van der Waals surface area contributed by atoms with Crippen LogP contribution in [0.5, 0.6) is 5.75 Å². The Morgan fingerprint density at radius 2 is 1.75 bits per heavy atom. The van der Waals surface area contributed by atoms with Crippen molar-refractivity contribution in [3.8, 4) is 5.75 Å². The number of aromatic nitrogens is 1. The molecule has 1 heterocycles. The van der Waals surface area contributed by atoms with E-state index in [1.165, 1.54) is 22.6 Å². The van der Waals surface area contributed by atoms with Crippen LogP contribution in [0.2, 0.25) is 5.02 Å². The van der Waals surface area contributed by atoms with Gasteiger partial charge in [-0.15, -0.1) is 0 Å². The Kier molecular flexibility index (Phi) is 7.60. The first-order chi connectivity index (χ1) is 17.3. The third-order valence-electron chi connectivity index (χ3n) is 6.02. The molecule has 0 aliphatic rings. The van der Waals surface area contributed by atoms with Gasteiger partial charge >= 0.3 is 6.09 Å². The van der Waals surface area contributed by atoms with E-state index >= 15 is 0 Å². The van der Waals surface area contributed by atoms with Crippen molar-refractivity contribution in [2.45, 2.75) is 27.3 Å². The Labute approximate surface area is 214 Å². The minimum absolute atomic E-state index is 0.0197. The van der Waals surface area contributed by atoms with Crippen molar-refractivity contribution in [2.24, 2.45) is 0 Å². The number of hydrogen-bond acceptors (Lipinski definition) is 3. The number of amides is 2. The summed E-state index contributed by atoms with van der Waals surface area (Å²) in [7, 11) is 0. The first-order valence-corrected chi connectivity index (χ1v) is 12.1. The molecule has 4 aromatic rings. The van der Waals surface area contributed by atoms with Gasteiger partial charge in [-0.25, -0.2) is 9.18 Å². The van der Waals surface area contributed by atoms with E-state index in [9.17, 15) is 14.0 Å². The van der Waals surface area contributed by atoms with E-state index < -0.39 is 17.8 Å². The lowest BCUT2D eigenvalue weighted by atomic mass is 10.1. The lowest BCUT2D eigenvalue weighted by Gasteiger charge is -2.20. The quantitative estimate of drug-likeness (QED) is 0.296. The molecular weight excluding hydrogens is 481 g/mol. The smallest absolute Gasteiger partial charge is 0.408 e. The van der Waals surface area contributed by atoms with Gasteiger partial charge in [-0.2, -0.15) is 0 Å². The van der Waals surface area contributed by atoms with Crippen molar-refractivity contribution in [1.29, 1.82) is 0 Å². The zero-order chi connectivity index (χ0) is 25.8.